The van der Waals surface area contributed by atoms with Crippen molar-refractivity contribution in [3.05, 3.63) is 59.2 Å². The molecule has 0 bridgehead atoms. The van der Waals surface area contributed by atoms with Crippen molar-refractivity contribution < 1.29 is 27.9 Å². The third-order valence-corrected chi connectivity index (χ3v) is 5.47. The van der Waals surface area contributed by atoms with Crippen LogP contribution in [0.3, 0.4) is 0 Å². The molecule has 10 heteroatoms. The van der Waals surface area contributed by atoms with Gasteiger partial charge in [-0.05, 0) is 49.1 Å². The number of benzene rings is 2. The standard InChI is InChI=1S/C20H16F3N3O3S/c1-19(13-4-7-15(27)8-5-13)17(28)26(18(29)25(19)11-30-2)14-6-3-12(10-24)16(9-14)20(21,22)23/h3-9,27H,11H2,1-2H3. The van der Waals surface area contributed by atoms with E-state index in [4.69, 9.17) is 5.26 Å². The molecule has 1 N–H and O–H groups in total. The van der Waals surface area contributed by atoms with Gasteiger partial charge in [-0.2, -0.15) is 18.4 Å². The fourth-order valence-electron chi connectivity index (χ4n) is 3.34. The highest BCUT2D eigenvalue weighted by molar-refractivity contribution is 7.98. The summed E-state index contributed by atoms with van der Waals surface area (Å²) in [7, 11) is 0. The minimum atomic E-state index is -4.83. The van der Waals surface area contributed by atoms with Crippen LogP contribution in [0.25, 0.3) is 0 Å². The zero-order valence-electron chi connectivity index (χ0n) is 15.9. The van der Waals surface area contributed by atoms with Crippen molar-refractivity contribution in [2.75, 3.05) is 17.0 Å². The van der Waals surface area contributed by atoms with Crippen LogP contribution in [-0.4, -0.2) is 34.1 Å². The molecular formula is C20H16F3N3O3S. The maximum absolute atomic E-state index is 13.4. The molecule has 0 radical (unpaired) electrons. The summed E-state index contributed by atoms with van der Waals surface area (Å²) in [6, 6.07) is 9.10. The highest BCUT2D eigenvalue weighted by atomic mass is 32.2. The van der Waals surface area contributed by atoms with Gasteiger partial charge in [0.05, 0.1) is 28.8 Å². The summed E-state index contributed by atoms with van der Waals surface area (Å²) in [5.74, 6) is -0.653. The maximum Gasteiger partial charge on any atom is 0.417 e. The van der Waals surface area contributed by atoms with Crippen LogP contribution in [0.15, 0.2) is 42.5 Å². The van der Waals surface area contributed by atoms with Crippen molar-refractivity contribution in [2.24, 2.45) is 0 Å². The summed E-state index contributed by atoms with van der Waals surface area (Å²) in [6.45, 7) is 1.50. The van der Waals surface area contributed by atoms with E-state index in [2.05, 4.69) is 0 Å². The van der Waals surface area contributed by atoms with Crippen LogP contribution in [0, 0.1) is 11.3 Å². The molecule has 30 heavy (non-hydrogen) atoms. The SMILES string of the molecule is CSCN1C(=O)N(c2ccc(C#N)c(C(F)(F)F)c2)C(=O)C1(C)c1ccc(O)cc1. The highest BCUT2D eigenvalue weighted by Crippen LogP contribution is 2.42. The molecule has 0 aromatic heterocycles. The molecule has 1 aliphatic heterocycles. The second-order valence-corrected chi connectivity index (χ2v) is 7.56. The maximum atomic E-state index is 13.4. The molecule has 1 unspecified atom stereocenters. The summed E-state index contributed by atoms with van der Waals surface area (Å²) < 4.78 is 40.1. The van der Waals surface area contributed by atoms with Gasteiger partial charge < -0.3 is 5.11 Å². The average molecular weight is 435 g/mol. The lowest BCUT2D eigenvalue weighted by atomic mass is 9.90. The summed E-state index contributed by atoms with van der Waals surface area (Å²) in [5.41, 5.74) is -3.18. The number of hydrogen-bond donors (Lipinski definition) is 1. The Kier molecular flexibility index (Phi) is 5.43. The van der Waals surface area contributed by atoms with Gasteiger partial charge in [0, 0.05) is 0 Å². The van der Waals surface area contributed by atoms with E-state index in [-0.39, 0.29) is 17.3 Å². The second kappa shape index (κ2) is 7.57. The van der Waals surface area contributed by atoms with Gasteiger partial charge in [-0.25, -0.2) is 9.69 Å². The van der Waals surface area contributed by atoms with Gasteiger partial charge in [-0.3, -0.25) is 9.69 Å². The van der Waals surface area contributed by atoms with Crippen molar-refractivity contribution in [3.8, 4) is 11.8 Å². The number of hydrogen-bond acceptors (Lipinski definition) is 5. The summed E-state index contributed by atoms with van der Waals surface area (Å²) in [6.07, 6.45) is -3.10. The third-order valence-electron chi connectivity index (χ3n) is 4.96. The first-order chi connectivity index (χ1) is 14.1. The molecule has 0 aliphatic carbocycles. The van der Waals surface area contributed by atoms with Gasteiger partial charge >= 0.3 is 12.2 Å². The molecule has 2 aromatic carbocycles. The zero-order chi connectivity index (χ0) is 22.3. The van der Waals surface area contributed by atoms with Crippen LogP contribution < -0.4 is 4.90 Å². The molecule has 1 saturated heterocycles. The lowest BCUT2D eigenvalue weighted by molar-refractivity contribution is -0.137. The molecule has 156 valence electrons. The van der Waals surface area contributed by atoms with E-state index in [0.717, 1.165) is 12.1 Å². The molecule has 3 rings (SSSR count). The van der Waals surface area contributed by atoms with Crippen LogP contribution in [0.4, 0.5) is 23.7 Å². The smallest absolute Gasteiger partial charge is 0.417 e. The van der Waals surface area contributed by atoms with Crippen LogP contribution >= 0.6 is 11.8 Å². The Morgan fingerprint density at radius 2 is 1.80 bits per heavy atom. The molecule has 1 aliphatic rings. The third kappa shape index (κ3) is 3.35. The number of phenolic OH excluding ortho intramolecular Hbond substituents is 1. The summed E-state index contributed by atoms with van der Waals surface area (Å²) in [4.78, 5) is 28.4. The van der Waals surface area contributed by atoms with Gasteiger partial charge in [0.25, 0.3) is 5.91 Å². The number of thioether (sulfide) groups is 1. The van der Waals surface area contributed by atoms with Gasteiger partial charge in [-0.1, -0.05) is 12.1 Å². The molecule has 1 atom stereocenters. The van der Waals surface area contributed by atoms with E-state index in [1.54, 1.807) is 6.26 Å². The number of halogens is 3. The van der Waals surface area contributed by atoms with Gasteiger partial charge in [0.2, 0.25) is 0 Å². The van der Waals surface area contributed by atoms with E-state index >= 15 is 0 Å². The number of nitrogens with zero attached hydrogens (tertiary/aromatic N) is 3. The molecule has 1 fully saturated rings. The number of urea groups is 1. The predicted molar refractivity (Wildman–Crippen MR) is 105 cm³/mol. The lowest BCUT2D eigenvalue weighted by Crippen LogP contribution is -2.44. The number of rotatable bonds is 4. The molecule has 0 saturated carbocycles. The summed E-state index contributed by atoms with van der Waals surface area (Å²) >= 11 is 1.27. The zero-order valence-corrected chi connectivity index (χ0v) is 16.7. The number of carbonyl (C=O) groups excluding carboxylic acids is 2. The van der Waals surface area contributed by atoms with Gasteiger partial charge in [0.15, 0.2) is 0 Å². The van der Waals surface area contributed by atoms with Crippen molar-refractivity contribution in [3.63, 3.8) is 0 Å². The number of anilines is 1. The minimum Gasteiger partial charge on any atom is -0.508 e. The number of phenols is 1. The molecule has 6 nitrogen and oxygen atoms in total. The number of alkyl halides is 3. The Hall–Kier alpha value is -3.19. The van der Waals surface area contributed by atoms with E-state index in [9.17, 15) is 27.9 Å². The quantitative estimate of drug-likeness (QED) is 0.725. The van der Waals surface area contributed by atoms with Crippen molar-refractivity contribution in [2.45, 2.75) is 18.6 Å². The first kappa shape index (κ1) is 21.5. The van der Waals surface area contributed by atoms with E-state index in [1.165, 1.54) is 53.9 Å². The largest absolute Gasteiger partial charge is 0.508 e. The first-order valence-corrected chi connectivity index (χ1v) is 10.0. The van der Waals surface area contributed by atoms with Gasteiger partial charge in [0.1, 0.15) is 11.3 Å². The van der Waals surface area contributed by atoms with Crippen LogP contribution in [0.1, 0.15) is 23.6 Å². The number of aromatic hydroxyl groups is 1. The Morgan fingerprint density at radius 1 is 1.17 bits per heavy atom. The van der Waals surface area contributed by atoms with Crippen molar-refractivity contribution >= 4 is 29.4 Å². The Morgan fingerprint density at radius 3 is 2.33 bits per heavy atom. The summed E-state index contributed by atoms with van der Waals surface area (Å²) in [5, 5.41) is 18.5. The normalized spacial score (nSPS) is 19.3. The first-order valence-electron chi connectivity index (χ1n) is 8.61. The Labute approximate surface area is 174 Å². The highest BCUT2D eigenvalue weighted by Gasteiger charge is 2.56. The number of amides is 3. The average Bonchev–Trinajstić information content (AvgIpc) is 2.89. The van der Waals surface area contributed by atoms with Crippen molar-refractivity contribution in [1.29, 1.82) is 5.26 Å². The molecule has 2 aromatic rings. The molecule has 3 amide bonds. The lowest BCUT2D eigenvalue weighted by Gasteiger charge is -2.31. The van der Waals surface area contributed by atoms with Crippen LogP contribution in [-0.2, 0) is 16.5 Å². The fourth-order valence-corrected chi connectivity index (χ4v) is 3.97. The minimum absolute atomic E-state index is 0.0330. The predicted octanol–water partition coefficient (Wildman–Crippen LogP) is 4.29. The van der Waals surface area contributed by atoms with E-state index in [0.29, 0.717) is 16.5 Å². The second-order valence-electron chi connectivity index (χ2n) is 6.73. The number of imide groups is 1. The van der Waals surface area contributed by atoms with Crippen molar-refractivity contribution in [1.82, 2.24) is 4.90 Å². The van der Waals surface area contributed by atoms with E-state index < -0.39 is 34.8 Å². The van der Waals surface area contributed by atoms with Gasteiger partial charge in [-0.15, -0.1) is 11.8 Å². The number of carbonyl (C=O) groups is 2. The van der Waals surface area contributed by atoms with E-state index in [1.807, 2.05) is 0 Å². The topological polar surface area (TPSA) is 84.6 Å². The monoisotopic (exact) mass is 435 g/mol. The fraction of sp³-hybridized carbons (Fsp3) is 0.250. The van der Waals surface area contributed by atoms with Crippen LogP contribution in [0.2, 0.25) is 0 Å². The molecular weight excluding hydrogens is 419 g/mol. The number of nitriles is 1. The van der Waals surface area contributed by atoms with Crippen LogP contribution in [0.5, 0.6) is 5.75 Å². The molecule has 1 heterocycles. The Balaban J connectivity index is 2.16. The molecule has 0 spiro atoms. The Bertz CT molecular complexity index is 1050.